The zero-order valence-electron chi connectivity index (χ0n) is 12.0. The number of hydrogen-bond donors (Lipinski definition) is 0. The maximum Gasteiger partial charge on any atom is 0.180 e. The van der Waals surface area contributed by atoms with E-state index < -0.39 is 0 Å². The monoisotopic (exact) mass is 373 g/mol. The van der Waals surface area contributed by atoms with Gasteiger partial charge in [0.05, 0.1) is 12.1 Å². The van der Waals surface area contributed by atoms with E-state index in [4.69, 9.17) is 21.1 Å². The number of ether oxygens (including phenoxy) is 2. The molecule has 2 aromatic rings. The molecule has 5 nitrogen and oxygen atoms in total. The largest absolute Gasteiger partial charge is 0.493 e. The Bertz CT molecular complexity index is 604. The average Bonchev–Trinajstić information content (AvgIpc) is 2.93. The lowest BCUT2D eigenvalue weighted by Crippen LogP contribution is -2.09. The Morgan fingerprint density at radius 2 is 2.19 bits per heavy atom. The summed E-state index contributed by atoms with van der Waals surface area (Å²) in [6.07, 6.45) is 2.52. The van der Waals surface area contributed by atoms with E-state index in [-0.39, 0.29) is 0 Å². The van der Waals surface area contributed by atoms with E-state index in [2.05, 4.69) is 32.9 Å². The second-order valence-electron chi connectivity index (χ2n) is 4.43. The molecule has 0 aliphatic rings. The summed E-state index contributed by atoms with van der Waals surface area (Å²) in [4.78, 5) is 4.20. The Labute approximate surface area is 137 Å². The van der Waals surface area contributed by atoms with Gasteiger partial charge in [-0.05, 0) is 24.1 Å². The second-order valence-corrected chi connectivity index (χ2v) is 5.40. The Kier molecular flexibility index (Phi) is 5.87. The molecule has 1 heterocycles. The maximum absolute atomic E-state index is 6.26. The molecule has 1 aromatic heterocycles. The Morgan fingerprint density at radius 3 is 2.86 bits per heavy atom. The summed E-state index contributed by atoms with van der Waals surface area (Å²) >= 11 is 9.66. The third-order valence-corrected chi connectivity index (χ3v) is 3.85. The minimum atomic E-state index is 0.295. The van der Waals surface area contributed by atoms with Gasteiger partial charge >= 0.3 is 0 Å². The fourth-order valence-electron chi connectivity index (χ4n) is 1.93. The average molecular weight is 375 g/mol. The zero-order chi connectivity index (χ0) is 15.2. The molecule has 0 amide bonds. The van der Waals surface area contributed by atoms with Crippen molar-refractivity contribution in [3.05, 3.63) is 34.9 Å². The van der Waals surface area contributed by atoms with E-state index in [9.17, 15) is 0 Å². The van der Waals surface area contributed by atoms with Crippen LogP contribution in [0.4, 0.5) is 0 Å². The van der Waals surface area contributed by atoms with E-state index in [1.54, 1.807) is 7.11 Å². The van der Waals surface area contributed by atoms with Gasteiger partial charge in [0.1, 0.15) is 12.9 Å². The van der Waals surface area contributed by atoms with Crippen molar-refractivity contribution in [3.8, 4) is 11.5 Å². The van der Waals surface area contributed by atoms with Crippen LogP contribution < -0.4 is 9.47 Å². The Morgan fingerprint density at radius 1 is 1.38 bits per heavy atom. The molecule has 21 heavy (non-hydrogen) atoms. The molecule has 0 saturated carbocycles. The van der Waals surface area contributed by atoms with Crippen molar-refractivity contribution in [1.82, 2.24) is 14.8 Å². The number of alkyl halides is 1. The molecule has 2 rings (SSSR count). The topological polar surface area (TPSA) is 49.2 Å². The number of methoxy groups -OCH3 is 1. The van der Waals surface area contributed by atoms with Crippen LogP contribution in [0, 0.1) is 0 Å². The van der Waals surface area contributed by atoms with E-state index in [1.807, 2.05) is 16.8 Å². The van der Waals surface area contributed by atoms with Gasteiger partial charge in [-0.25, -0.2) is 9.67 Å². The van der Waals surface area contributed by atoms with Gasteiger partial charge in [-0.2, -0.15) is 5.10 Å². The molecule has 0 atom stereocenters. The highest BCUT2D eigenvalue weighted by atomic mass is 79.9. The van der Waals surface area contributed by atoms with Crippen molar-refractivity contribution in [2.75, 3.05) is 7.11 Å². The van der Waals surface area contributed by atoms with Crippen molar-refractivity contribution in [2.45, 2.75) is 31.8 Å². The van der Waals surface area contributed by atoms with Crippen LogP contribution in [0.1, 0.15) is 24.7 Å². The molecule has 0 fully saturated rings. The molecule has 1 aromatic carbocycles. The first-order valence-electron chi connectivity index (χ1n) is 6.61. The van der Waals surface area contributed by atoms with Crippen molar-refractivity contribution in [2.24, 2.45) is 0 Å². The molecule has 114 valence electrons. The minimum Gasteiger partial charge on any atom is -0.493 e. The van der Waals surface area contributed by atoms with Crippen LogP contribution in [0.3, 0.4) is 0 Å². The lowest BCUT2D eigenvalue weighted by atomic mass is 10.2. The molecular formula is C14H17BrClN3O2. The van der Waals surface area contributed by atoms with E-state index >= 15 is 0 Å². The van der Waals surface area contributed by atoms with Crippen molar-refractivity contribution >= 4 is 27.5 Å². The first kappa shape index (κ1) is 16.1. The maximum atomic E-state index is 6.26. The smallest absolute Gasteiger partial charge is 0.180 e. The summed E-state index contributed by atoms with van der Waals surface area (Å²) < 4.78 is 13.0. The lowest BCUT2D eigenvalue weighted by Gasteiger charge is -2.13. The first-order chi connectivity index (χ1) is 10.2. The van der Waals surface area contributed by atoms with Crippen molar-refractivity contribution in [3.63, 3.8) is 0 Å². The van der Waals surface area contributed by atoms with Gasteiger partial charge in [0.2, 0.25) is 0 Å². The number of nitrogens with zero attached hydrogens (tertiary/aromatic N) is 3. The van der Waals surface area contributed by atoms with Crippen LogP contribution in [0.25, 0.3) is 0 Å². The van der Waals surface area contributed by atoms with Gasteiger partial charge in [0, 0.05) is 11.9 Å². The minimum absolute atomic E-state index is 0.295. The van der Waals surface area contributed by atoms with Crippen molar-refractivity contribution < 1.29 is 9.47 Å². The third kappa shape index (κ3) is 3.89. The van der Waals surface area contributed by atoms with Crippen LogP contribution >= 0.6 is 27.5 Å². The number of halogens is 2. The summed E-state index contributed by atoms with van der Waals surface area (Å²) in [7, 11) is 1.59. The summed E-state index contributed by atoms with van der Waals surface area (Å²) in [6, 6.07) is 3.75. The quantitative estimate of drug-likeness (QED) is 0.691. The normalized spacial score (nSPS) is 10.7. The Hall–Kier alpha value is -1.27. The molecule has 0 unspecified atom stereocenters. The van der Waals surface area contributed by atoms with E-state index in [0.29, 0.717) is 28.5 Å². The van der Waals surface area contributed by atoms with Crippen LogP contribution in [-0.2, 0) is 18.5 Å². The molecule has 0 aliphatic heterocycles. The van der Waals surface area contributed by atoms with Gasteiger partial charge in [-0.1, -0.05) is 34.5 Å². The van der Waals surface area contributed by atoms with Gasteiger partial charge in [0.15, 0.2) is 17.3 Å². The highest BCUT2D eigenvalue weighted by molar-refractivity contribution is 9.08. The van der Waals surface area contributed by atoms with Gasteiger partial charge < -0.3 is 9.47 Å². The molecule has 0 spiro atoms. The zero-order valence-corrected chi connectivity index (χ0v) is 14.3. The third-order valence-electron chi connectivity index (χ3n) is 2.92. The molecule has 0 N–H and O–H groups in total. The van der Waals surface area contributed by atoms with Crippen molar-refractivity contribution in [1.29, 1.82) is 0 Å². The molecule has 0 saturated heterocycles. The van der Waals surface area contributed by atoms with Gasteiger partial charge in [0.25, 0.3) is 0 Å². The predicted molar refractivity (Wildman–Crippen MR) is 85.3 cm³/mol. The molecule has 0 aliphatic carbocycles. The lowest BCUT2D eigenvalue weighted by molar-refractivity contribution is 0.269. The predicted octanol–water partition coefficient (Wildman–Crippen LogP) is 3.82. The Balaban J connectivity index is 2.17. The van der Waals surface area contributed by atoms with E-state index in [0.717, 1.165) is 24.4 Å². The van der Waals surface area contributed by atoms with Crippen LogP contribution in [-0.4, -0.2) is 21.9 Å². The summed E-state index contributed by atoms with van der Waals surface area (Å²) in [6.45, 7) is 3.20. The first-order valence-corrected chi connectivity index (χ1v) is 8.11. The number of rotatable bonds is 7. The highest BCUT2D eigenvalue weighted by Gasteiger charge is 2.13. The van der Waals surface area contributed by atoms with Gasteiger partial charge in [-0.3, -0.25) is 0 Å². The molecular weight excluding hydrogens is 358 g/mol. The SMILES string of the molecule is CCCn1ncnc1COc1c(Cl)cc(CBr)cc1OC. The molecule has 7 heteroatoms. The van der Waals surface area contributed by atoms with E-state index in [1.165, 1.54) is 6.33 Å². The summed E-state index contributed by atoms with van der Waals surface area (Å²) in [5.41, 5.74) is 1.03. The fraction of sp³-hybridized carbons (Fsp3) is 0.429. The van der Waals surface area contributed by atoms with Gasteiger partial charge in [-0.15, -0.1) is 0 Å². The summed E-state index contributed by atoms with van der Waals surface area (Å²) in [5.74, 6) is 1.90. The number of aromatic nitrogens is 3. The number of benzene rings is 1. The number of hydrogen-bond acceptors (Lipinski definition) is 4. The second kappa shape index (κ2) is 7.66. The standard InChI is InChI=1S/C14H17BrClN3O2/c1-3-4-19-13(17-9-18-19)8-21-14-11(16)5-10(7-15)6-12(14)20-2/h5-6,9H,3-4,7-8H2,1-2H3. The highest BCUT2D eigenvalue weighted by Crippen LogP contribution is 2.37. The number of aryl methyl sites for hydroxylation is 1. The van der Waals surface area contributed by atoms with Crippen LogP contribution in [0.5, 0.6) is 11.5 Å². The molecule has 0 radical (unpaired) electrons. The van der Waals surface area contributed by atoms with Crippen LogP contribution in [0.2, 0.25) is 5.02 Å². The fourth-order valence-corrected chi connectivity index (χ4v) is 2.54. The summed E-state index contributed by atoms with van der Waals surface area (Å²) in [5, 5.41) is 5.39. The van der Waals surface area contributed by atoms with Crippen LogP contribution in [0.15, 0.2) is 18.5 Å². The molecule has 0 bridgehead atoms.